The fourth-order valence-electron chi connectivity index (χ4n) is 2.60. The van der Waals surface area contributed by atoms with Crippen molar-refractivity contribution in [1.29, 1.82) is 0 Å². The summed E-state index contributed by atoms with van der Waals surface area (Å²) in [5, 5.41) is -1.56. The molecule has 0 heterocycles. The molecule has 0 atom stereocenters. The van der Waals surface area contributed by atoms with E-state index in [0.717, 1.165) is 24.3 Å². The summed E-state index contributed by atoms with van der Waals surface area (Å²) in [6, 6.07) is 3.98. The summed E-state index contributed by atoms with van der Waals surface area (Å²) >= 11 is 10.1. The number of rotatable bonds is 8. The molecule has 0 fully saturated rings. The number of benzene rings is 2. The van der Waals surface area contributed by atoms with E-state index in [1.54, 1.807) is 0 Å². The van der Waals surface area contributed by atoms with Crippen molar-refractivity contribution in [2.24, 2.45) is 0 Å². The van der Waals surface area contributed by atoms with Gasteiger partial charge in [0.25, 0.3) is 0 Å². The summed E-state index contributed by atoms with van der Waals surface area (Å²) in [7, 11) is -4.86. The summed E-state index contributed by atoms with van der Waals surface area (Å²) in [4.78, 5) is -1.95. The van der Waals surface area contributed by atoms with Crippen LogP contribution in [0.5, 0.6) is 0 Å². The number of hydrogen-bond acceptors (Lipinski definition) is 2. The van der Waals surface area contributed by atoms with Crippen LogP contribution in [0.15, 0.2) is 52.3 Å². The molecule has 0 aliphatic heterocycles. The standard InChI is InChI=1S/C18H7Cl2F12IO2S/c19-8-1-3-9(4-2-8)36(34,35)10-5-6-12(20)11(7-10)13(21,22)14(23,24)15(25,26)16(27,28)17(29,30)18(31,32)33/h1-7H. The third kappa shape index (κ3) is 4.63. The first-order valence-corrected chi connectivity index (χ1v) is 12.0. The van der Waals surface area contributed by atoms with Gasteiger partial charge in [0.1, 0.15) is 0 Å². The van der Waals surface area contributed by atoms with Crippen LogP contribution < -0.4 is 0 Å². The number of hydrogen-bond donors (Lipinski definition) is 0. The normalized spacial score (nSPS) is 14.8. The second-order valence-corrected chi connectivity index (χ2v) is 11.1. The van der Waals surface area contributed by atoms with Gasteiger partial charge in [-0.2, -0.15) is 52.7 Å². The molecule has 0 saturated carbocycles. The molecule has 2 rings (SSSR count). The molecule has 0 N–H and O–H groups in total. The van der Waals surface area contributed by atoms with Gasteiger partial charge in [-0.3, -0.25) is 0 Å². The highest BCUT2D eigenvalue weighted by atomic mass is 127. The van der Waals surface area contributed by atoms with Crippen molar-refractivity contribution in [3.8, 4) is 0 Å². The molecule has 0 radical (unpaired) electrons. The van der Waals surface area contributed by atoms with E-state index in [1.165, 1.54) is 0 Å². The molecule has 36 heavy (non-hydrogen) atoms. The Morgan fingerprint density at radius 3 is 1.47 bits per heavy atom. The Morgan fingerprint density at radius 1 is 0.611 bits per heavy atom. The minimum atomic E-state index is -7.82. The molecule has 0 aromatic heterocycles. The van der Waals surface area contributed by atoms with Crippen LogP contribution in [0, 0.1) is 0 Å². The van der Waals surface area contributed by atoms with Crippen LogP contribution in [-0.2, 0) is 15.8 Å². The molecule has 0 spiro atoms. The van der Waals surface area contributed by atoms with E-state index in [1.807, 2.05) is 0 Å². The Labute approximate surface area is 217 Å². The van der Waals surface area contributed by atoms with Gasteiger partial charge in [-0.25, -0.2) is 8.42 Å². The van der Waals surface area contributed by atoms with Crippen molar-refractivity contribution < 1.29 is 61.1 Å². The first-order chi connectivity index (χ1) is 15.9. The van der Waals surface area contributed by atoms with Gasteiger partial charge in [0, 0.05) is 33.2 Å². The Morgan fingerprint density at radius 2 is 1.03 bits per heavy atom. The van der Waals surface area contributed by atoms with Crippen LogP contribution in [0.4, 0.5) is 52.7 Å². The van der Waals surface area contributed by atoms with Crippen molar-refractivity contribution >= 4 is 55.6 Å². The van der Waals surface area contributed by atoms with Crippen molar-refractivity contribution in [3.63, 3.8) is 0 Å². The van der Waals surface area contributed by atoms with Gasteiger partial charge in [0.15, 0.2) is 0 Å². The summed E-state index contributed by atoms with van der Waals surface area (Å²) in [6.07, 6.45) is 0. The summed E-state index contributed by atoms with van der Waals surface area (Å²) in [6.45, 7) is 0. The predicted molar refractivity (Wildman–Crippen MR) is 111 cm³/mol. The summed E-state index contributed by atoms with van der Waals surface area (Å²) in [5.74, 6) is -36.9. The van der Waals surface area contributed by atoms with Crippen LogP contribution in [0.1, 0.15) is 5.56 Å². The van der Waals surface area contributed by atoms with Crippen LogP contribution >= 0.6 is 45.8 Å². The fourth-order valence-corrected chi connectivity index (χ4v) is 4.59. The molecule has 18 heteroatoms. The van der Waals surface area contributed by atoms with E-state index in [2.05, 4.69) is 0 Å². The maximum atomic E-state index is 14.6. The molecule has 0 aliphatic rings. The van der Waals surface area contributed by atoms with E-state index in [0.29, 0.717) is 6.07 Å². The summed E-state index contributed by atoms with van der Waals surface area (Å²) < 4.78 is 185. The third-order valence-electron chi connectivity index (χ3n) is 4.64. The number of alkyl halides is 13. The molecule has 202 valence electrons. The highest BCUT2D eigenvalue weighted by Crippen LogP contribution is 2.63. The number of sulfone groups is 1. The Bertz CT molecular complexity index is 1250. The topological polar surface area (TPSA) is 34.1 Å². The number of halogens is 15. The van der Waals surface area contributed by atoms with E-state index in [-0.39, 0.29) is 17.2 Å². The smallest absolute Gasteiger partial charge is 0.219 e. The fraction of sp³-hybridized carbons (Fsp3) is 0.333. The van der Waals surface area contributed by atoms with Crippen LogP contribution in [0.25, 0.3) is 0 Å². The van der Waals surface area contributed by atoms with E-state index in [4.69, 9.17) is 23.2 Å². The highest BCUT2D eigenvalue weighted by molar-refractivity contribution is 14.1. The zero-order chi connectivity index (χ0) is 28.3. The Balaban J connectivity index is 2.72. The molecule has 0 amide bonds. The molecule has 0 bridgehead atoms. The molecule has 2 nitrogen and oxygen atoms in total. The lowest BCUT2D eigenvalue weighted by Gasteiger charge is -2.40. The Hall–Kier alpha value is -1.14. The first-order valence-electron chi connectivity index (χ1n) is 8.64. The maximum absolute atomic E-state index is 14.6. The van der Waals surface area contributed by atoms with Gasteiger partial charge in [-0.05, 0) is 42.5 Å². The van der Waals surface area contributed by atoms with Crippen LogP contribution in [0.2, 0.25) is 10.0 Å². The van der Waals surface area contributed by atoms with Crippen molar-refractivity contribution in [1.82, 2.24) is 0 Å². The second kappa shape index (κ2) is 9.25. The van der Waals surface area contributed by atoms with Gasteiger partial charge in [-0.1, -0.05) is 23.2 Å². The molecule has 0 unspecified atom stereocenters. The van der Waals surface area contributed by atoms with Gasteiger partial charge in [0.2, 0.25) is 9.84 Å². The predicted octanol–water partition coefficient (Wildman–Crippen LogP) is 8.49. The third-order valence-corrected chi connectivity index (χ3v) is 7.67. The van der Waals surface area contributed by atoms with E-state index in [9.17, 15) is 61.1 Å². The lowest BCUT2D eigenvalue weighted by Crippen LogP contribution is -2.69. The zero-order valence-corrected chi connectivity index (χ0v) is 20.9. The molecular weight excluding hydrogens is 706 g/mol. The average molecular weight is 713 g/mol. The maximum Gasteiger partial charge on any atom is 0.387 e. The van der Waals surface area contributed by atoms with Crippen LogP contribution in [-0.4, -0.2) is 36.0 Å². The van der Waals surface area contributed by atoms with E-state index < -0.39 is 86.3 Å². The van der Waals surface area contributed by atoms with Gasteiger partial charge < -0.3 is 0 Å². The lowest BCUT2D eigenvalue weighted by atomic mass is 9.91. The minimum Gasteiger partial charge on any atom is -0.219 e. The minimum absolute atomic E-state index is 0.00830. The molecule has 0 aliphatic carbocycles. The van der Waals surface area contributed by atoms with Gasteiger partial charge >= 0.3 is 33.5 Å². The SMILES string of the molecule is O=S(=O)(c1ccc(Cl)cc1)c1ccc(Cl)c(C(F)(F)C(F)(F)C(F)(F)C(F)(F)C(F)(F)C(F)(F)I)c1. The summed E-state index contributed by atoms with van der Waals surface area (Å²) in [5.41, 5.74) is -2.50. The molecular formula is C18H7Cl2F12IO2S. The second-order valence-electron chi connectivity index (χ2n) is 6.97. The zero-order valence-electron chi connectivity index (χ0n) is 16.4. The quantitative estimate of drug-likeness (QED) is 0.156. The largest absolute Gasteiger partial charge is 0.387 e. The molecule has 0 saturated heterocycles. The first kappa shape index (κ1) is 31.1. The highest BCUT2D eigenvalue weighted by Gasteiger charge is 2.90. The van der Waals surface area contributed by atoms with Crippen molar-refractivity contribution in [2.45, 2.75) is 43.3 Å². The van der Waals surface area contributed by atoms with Gasteiger partial charge in [-0.15, -0.1) is 0 Å². The molecule has 2 aromatic carbocycles. The van der Waals surface area contributed by atoms with E-state index >= 15 is 0 Å². The van der Waals surface area contributed by atoms with Crippen molar-refractivity contribution in [3.05, 3.63) is 58.1 Å². The van der Waals surface area contributed by atoms with Crippen molar-refractivity contribution in [2.75, 3.05) is 0 Å². The van der Waals surface area contributed by atoms with Gasteiger partial charge in [0.05, 0.1) is 14.8 Å². The van der Waals surface area contributed by atoms with Crippen LogP contribution in [0.3, 0.4) is 0 Å². The lowest BCUT2D eigenvalue weighted by molar-refractivity contribution is -0.417. The monoisotopic (exact) mass is 712 g/mol. The molecule has 2 aromatic rings. The average Bonchev–Trinajstić information content (AvgIpc) is 2.72. The Kier molecular flexibility index (Phi) is 7.99.